The fourth-order valence-electron chi connectivity index (χ4n) is 0.776. The van der Waals surface area contributed by atoms with Crippen molar-refractivity contribution in [2.75, 3.05) is 27.2 Å². The van der Waals surface area contributed by atoms with E-state index in [1.54, 1.807) is 0 Å². The molecule has 1 aliphatic rings. The SMILES string of the molecule is CN1CC[N+](C)=C1Br.[Br-]. The quantitative estimate of drug-likeness (QED) is 0.339. The van der Waals surface area contributed by atoms with E-state index in [2.05, 4.69) is 39.5 Å². The zero-order valence-electron chi connectivity index (χ0n) is 5.56. The van der Waals surface area contributed by atoms with Gasteiger partial charge in [-0.3, -0.25) is 9.48 Å². The van der Waals surface area contributed by atoms with Crippen LogP contribution in [0, 0.1) is 0 Å². The van der Waals surface area contributed by atoms with Gasteiger partial charge in [-0.25, -0.2) is 0 Å². The van der Waals surface area contributed by atoms with Gasteiger partial charge in [-0.15, -0.1) is 0 Å². The molecule has 54 valence electrons. The molecule has 0 unspecified atom stereocenters. The van der Waals surface area contributed by atoms with Crippen LogP contribution in [0.3, 0.4) is 0 Å². The molecule has 0 aromatic rings. The van der Waals surface area contributed by atoms with Gasteiger partial charge in [-0.2, -0.15) is 0 Å². The summed E-state index contributed by atoms with van der Waals surface area (Å²) in [5.41, 5.74) is 0. The van der Waals surface area contributed by atoms with Crippen LogP contribution in [-0.4, -0.2) is 41.4 Å². The van der Waals surface area contributed by atoms with Crippen LogP contribution in [0.25, 0.3) is 0 Å². The molecule has 0 aromatic heterocycles. The molecule has 0 amide bonds. The van der Waals surface area contributed by atoms with E-state index < -0.39 is 0 Å². The smallest absolute Gasteiger partial charge is 0.315 e. The number of hydrogen-bond donors (Lipinski definition) is 0. The molecule has 1 aliphatic heterocycles. The van der Waals surface area contributed by atoms with Gasteiger partial charge < -0.3 is 17.0 Å². The fraction of sp³-hybridized carbons (Fsp3) is 0.800. The number of hydrogen-bond acceptors (Lipinski definition) is 1. The van der Waals surface area contributed by atoms with Gasteiger partial charge in [0.25, 0.3) is 0 Å². The summed E-state index contributed by atoms with van der Waals surface area (Å²) in [4.78, 5) is 2.18. The first-order valence-electron chi connectivity index (χ1n) is 2.66. The second kappa shape index (κ2) is 3.56. The minimum atomic E-state index is 0. The van der Waals surface area contributed by atoms with Crippen LogP contribution in [0.15, 0.2) is 0 Å². The summed E-state index contributed by atoms with van der Waals surface area (Å²) in [6.45, 7) is 2.27. The van der Waals surface area contributed by atoms with Crippen LogP contribution in [0.5, 0.6) is 0 Å². The van der Waals surface area contributed by atoms with E-state index in [1.807, 2.05) is 0 Å². The molecule has 0 radical (unpaired) electrons. The second-order valence-electron chi connectivity index (χ2n) is 2.11. The molecule has 0 atom stereocenters. The van der Waals surface area contributed by atoms with Crippen molar-refractivity contribution in [3.63, 3.8) is 0 Å². The maximum Gasteiger partial charge on any atom is 0.315 e. The number of likely N-dealkylation sites (N-methyl/N-ethyl adjacent to an activating group) is 2. The molecule has 2 nitrogen and oxygen atoms in total. The third kappa shape index (κ3) is 1.93. The Hall–Kier alpha value is 0.430. The summed E-state index contributed by atoms with van der Waals surface area (Å²) in [5.74, 6) is 0. The molecule has 0 fully saturated rings. The number of amidine groups is 1. The van der Waals surface area contributed by atoms with Crippen LogP contribution < -0.4 is 17.0 Å². The summed E-state index contributed by atoms with van der Waals surface area (Å²) >= 11 is 3.44. The standard InChI is InChI=1S/C5H10BrN2.BrH/c1-7-3-4-8(2)5(7)6;/h3-4H2,1-2H3;1H/q+1;/p-1. The van der Waals surface area contributed by atoms with Crippen molar-refractivity contribution in [2.45, 2.75) is 0 Å². The minimum Gasteiger partial charge on any atom is -1.00 e. The van der Waals surface area contributed by atoms with Crippen molar-refractivity contribution in [1.82, 2.24) is 4.90 Å². The highest BCUT2D eigenvalue weighted by atomic mass is 79.9. The van der Waals surface area contributed by atoms with Crippen molar-refractivity contribution >= 4 is 20.7 Å². The second-order valence-corrected chi connectivity index (χ2v) is 2.82. The molecule has 0 spiro atoms. The van der Waals surface area contributed by atoms with E-state index in [4.69, 9.17) is 0 Å². The third-order valence-corrected chi connectivity index (χ3v) is 2.61. The maximum absolute atomic E-state index is 3.44. The number of halogens is 2. The van der Waals surface area contributed by atoms with Crippen molar-refractivity contribution < 1.29 is 21.6 Å². The Kier molecular flexibility index (Phi) is 3.73. The molecular weight excluding hydrogens is 248 g/mol. The van der Waals surface area contributed by atoms with Crippen molar-refractivity contribution in [2.24, 2.45) is 0 Å². The molecular formula is C5H10Br2N2. The summed E-state index contributed by atoms with van der Waals surface area (Å²) in [5, 5.41) is 0. The fourth-order valence-corrected chi connectivity index (χ4v) is 1.13. The van der Waals surface area contributed by atoms with Crippen LogP contribution in [0.4, 0.5) is 0 Å². The van der Waals surface area contributed by atoms with Gasteiger partial charge in [0.2, 0.25) is 0 Å². The van der Waals surface area contributed by atoms with Gasteiger partial charge >= 0.3 is 4.74 Å². The minimum absolute atomic E-state index is 0. The van der Waals surface area contributed by atoms with Gasteiger partial charge in [0.05, 0.1) is 14.1 Å². The lowest BCUT2D eigenvalue weighted by Gasteiger charge is -1.96. The first-order chi connectivity index (χ1) is 3.72. The van der Waals surface area contributed by atoms with Crippen molar-refractivity contribution in [3.05, 3.63) is 0 Å². The molecule has 0 aliphatic carbocycles. The van der Waals surface area contributed by atoms with Crippen molar-refractivity contribution in [1.29, 1.82) is 0 Å². The Bertz CT molecular complexity index is 133. The first-order valence-corrected chi connectivity index (χ1v) is 3.46. The highest BCUT2D eigenvalue weighted by molar-refractivity contribution is 9.18. The van der Waals surface area contributed by atoms with Gasteiger partial charge in [-0.1, -0.05) is 0 Å². The Morgan fingerprint density at radius 3 is 2.33 bits per heavy atom. The molecule has 4 heteroatoms. The summed E-state index contributed by atoms with van der Waals surface area (Å²) in [6, 6.07) is 0. The summed E-state index contributed by atoms with van der Waals surface area (Å²) < 4.78 is 3.37. The normalized spacial score (nSPS) is 18.3. The van der Waals surface area contributed by atoms with E-state index >= 15 is 0 Å². The zero-order chi connectivity index (χ0) is 6.15. The maximum atomic E-state index is 3.44. The van der Waals surface area contributed by atoms with Crippen LogP contribution in [0.1, 0.15) is 0 Å². The van der Waals surface area contributed by atoms with E-state index in [1.165, 1.54) is 4.74 Å². The van der Waals surface area contributed by atoms with Crippen LogP contribution in [0.2, 0.25) is 0 Å². The lowest BCUT2D eigenvalue weighted by molar-refractivity contribution is -0.483. The Morgan fingerprint density at radius 1 is 1.67 bits per heavy atom. The Balaban J connectivity index is 0.000000640. The van der Waals surface area contributed by atoms with Gasteiger partial charge in [0.15, 0.2) is 0 Å². The van der Waals surface area contributed by atoms with Gasteiger partial charge in [0.1, 0.15) is 13.1 Å². The number of rotatable bonds is 0. The van der Waals surface area contributed by atoms with Crippen LogP contribution in [-0.2, 0) is 0 Å². The summed E-state index contributed by atoms with van der Waals surface area (Å²) in [6.07, 6.45) is 0. The van der Waals surface area contributed by atoms with Gasteiger partial charge in [-0.05, 0) is 0 Å². The predicted octanol–water partition coefficient (Wildman–Crippen LogP) is -2.67. The van der Waals surface area contributed by atoms with E-state index in [9.17, 15) is 0 Å². The zero-order valence-corrected chi connectivity index (χ0v) is 8.74. The molecule has 0 aromatic carbocycles. The predicted molar refractivity (Wildman–Crippen MR) is 37.6 cm³/mol. The average molecular weight is 258 g/mol. The first kappa shape index (κ1) is 9.43. The molecule has 0 bridgehead atoms. The van der Waals surface area contributed by atoms with Gasteiger partial charge in [0, 0.05) is 15.9 Å². The average Bonchev–Trinajstić information content (AvgIpc) is 1.98. The lowest BCUT2D eigenvalue weighted by Crippen LogP contribution is -3.00. The number of nitrogens with zero attached hydrogens (tertiary/aromatic N) is 2. The Labute approximate surface area is 74.4 Å². The molecule has 0 N–H and O–H groups in total. The molecule has 0 saturated heterocycles. The third-order valence-electron chi connectivity index (χ3n) is 1.40. The Morgan fingerprint density at radius 2 is 2.22 bits per heavy atom. The van der Waals surface area contributed by atoms with Crippen LogP contribution >= 0.6 is 15.9 Å². The topological polar surface area (TPSA) is 6.25 Å². The highest BCUT2D eigenvalue weighted by Crippen LogP contribution is 2.01. The summed E-state index contributed by atoms with van der Waals surface area (Å²) in [7, 11) is 4.15. The monoisotopic (exact) mass is 256 g/mol. The van der Waals surface area contributed by atoms with Crippen molar-refractivity contribution in [3.8, 4) is 0 Å². The largest absolute Gasteiger partial charge is 1.00 e. The molecule has 0 saturated carbocycles. The molecule has 9 heavy (non-hydrogen) atoms. The van der Waals surface area contributed by atoms with E-state index in [0.717, 1.165) is 13.1 Å². The lowest BCUT2D eigenvalue weighted by atomic mass is 10.6. The van der Waals surface area contributed by atoms with E-state index in [-0.39, 0.29) is 17.0 Å². The highest BCUT2D eigenvalue weighted by Gasteiger charge is 2.20. The molecule has 1 rings (SSSR count). The van der Waals surface area contributed by atoms with E-state index in [0.29, 0.717) is 0 Å². The molecule has 1 heterocycles.